The second kappa shape index (κ2) is 11.7. The zero-order chi connectivity index (χ0) is 30.9. The number of ether oxygens (including phenoxy) is 2. The van der Waals surface area contributed by atoms with E-state index < -0.39 is 76.7 Å². The van der Waals surface area contributed by atoms with Gasteiger partial charge in [-0.15, -0.1) is 0 Å². The molecule has 0 saturated carbocycles. The number of carboxylic acid groups (broad SMARTS) is 1. The van der Waals surface area contributed by atoms with Gasteiger partial charge in [-0.3, -0.25) is 9.79 Å². The first-order chi connectivity index (χ1) is 19.8. The number of hydrogen-bond donors (Lipinski definition) is 10. The Morgan fingerprint density at radius 2 is 1.79 bits per heavy atom. The highest BCUT2D eigenvalue weighted by Gasteiger charge is 2.58. The van der Waals surface area contributed by atoms with Gasteiger partial charge in [-0.05, 0) is 36.6 Å². The number of aliphatic imine (C=N–C) groups is 1. The van der Waals surface area contributed by atoms with Gasteiger partial charge in [0.1, 0.15) is 40.3 Å². The van der Waals surface area contributed by atoms with Gasteiger partial charge in [-0.2, -0.15) is 0 Å². The van der Waals surface area contributed by atoms with Crippen LogP contribution in [0.4, 0.5) is 0 Å². The van der Waals surface area contributed by atoms with E-state index in [2.05, 4.69) is 4.99 Å². The molecule has 0 unspecified atom stereocenters. The Balaban J connectivity index is 1.79. The number of nitrogens with zero attached hydrogens (tertiary/aromatic N) is 1. The molecule has 1 aliphatic rings. The minimum atomic E-state index is -2.71. The number of aliphatic carboxylic acids is 1. The smallest absolute Gasteiger partial charge is 0.335 e. The van der Waals surface area contributed by atoms with Crippen LogP contribution in [0.5, 0.6) is 23.0 Å². The fourth-order valence-electron chi connectivity index (χ4n) is 4.57. The number of phenols is 3. The minimum Gasteiger partial charge on any atom is -0.508 e. The van der Waals surface area contributed by atoms with Crippen LogP contribution < -0.4 is 21.6 Å². The summed E-state index contributed by atoms with van der Waals surface area (Å²) in [5.74, 6) is -5.04. The standard InChI is InChI=1S/C26H29N3O13/c27-25(28)29-9-26(39)21(35)20(23(37)38)42-24(22(26)36)41-16-8-15-17(19(34)18(16)33)13(32)7-14(40-15)12-4-3-11(31)6-10(12)2-1-5-30/h3-4,6-8,20-22,24,30-31,33-36,39H,1-2,5,9H2,(H,37,38)(H4,27,28,29)/t20-,21+,22-,24-,26-/m0/s1. The van der Waals surface area contributed by atoms with Crippen LogP contribution in [-0.4, -0.2) is 96.1 Å². The minimum absolute atomic E-state index is 0.00824. The van der Waals surface area contributed by atoms with Crippen LogP contribution in [0.25, 0.3) is 22.3 Å². The van der Waals surface area contributed by atoms with E-state index in [-0.39, 0.29) is 23.7 Å². The van der Waals surface area contributed by atoms with Crippen LogP contribution in [0, 0.1) is 0 Å². The Morgan fingerprint density at radius 1 is 1.07 bits per heavy atom. The molecule has 16 nitrogen and oxygen atoms in total. The highest BCUT2D eigenvalue weighted by molar-refractivity contribution is 5.89. The summed E-state index contributed by atoms with van der Waals surface area (Å²) < 4.78 is 16.4. The number of carboxylic acids is 1. The van der Waals surface area contributed by atoms with Gasteiger partial charge in [-0.1, -0.05) is 0 Å². The molecule has 12 N–H and O–H groups in total. The lowest BCUT2D eigenvalue weighted by molar-refractivity contribution is -0.303. The Kier molecular flexibility index (Phi) is 8.46. The summed E-state index contributed by atoms with van der Waals surface area (Å²) in [7, 11) is 0. The Morgan fingerprint density at radius 3 is 2.43 bits per heavy atom. The van der Waals surface area contributed by atoms with Crippen molar-refractivity contribution in [2.24, 2.45) is 16.5 Å². The molecule has 0 radical (unpaired) electrons. The van der Waals surface area contributed by atoms with Gasteiger partial charge in [0, 0.05) is 24.3 Å². The molecule has 0 amide bonds. The van der Waals surface area contributed by atoms with E-state index in [4.69, 9.17) is 25.4 Å². The molecule has 1 aliphatic heterocycles. The number of guanidine groups is 1. The molecule has 0 aliphatic carbocycles. The first-order valence-corrected chi connectivity index (χ1v) is 12.4. The van der Waals surface area contributed by atoms with Gasteiger partial charge >= 0.3 is 5.97 Å². The summed E-state index contributed by atoms with van der Waals surface area (Å²) in [5.41, 5.74) is 7.62. The first-order valence-electron chi connectivity index (χ1n) is 12.4. The van der Waals surface area contributed by atoms with E-state index in [9.17, 15) is 50.4 Å². The van der Waals surface area contributed by atoms with Crippen molar-refractivity contribution >= 4 is 22.9 Å². The highest BCUT2D eigenvalue weighted by Crippen LogP contribution is 2.43. The monoisotopic (exact) mass is 591 g/mol. The molecule has 16 heteroatoms. The van der Waals surface area contributed by atoms with E-state index in [1.165, 1.54) is 18.2 Å². The SMILES string of the molecule is NC(N)=NC[C@]1(O)[C@H](O)[C@@H](C(=O)O)O[C@H](Oc2cc3oc(-c4ccc(O)cc4CCCO)cc(=O)c3c(O)c2O)[C@@H]1O. The molecular formula is C26H29N3O13. The van der Waals surface area contributed by atoms with Gasteiger partial charge in [-0.25, -0.2) is 4.79 Å². The van der Waals surface area contributed by atoms with Gasteiger partial charge in [0.25, 0.3) is 0 Å². The molecule has 2 aromatic carbocycles. The summed E-state index contributed by atoms with van der Waals surface area (Å²) in [6.07, 6.45) is -8.05. The van der Waals surface area contributed by atoms with E-state index in [1.54, 1.807) is 0 Å². The normalized spacial score (nSPS) is 23.9. The van der Waals surface area contributed by atoms with Crippen LogP contribution in [0.15, 0.2) is 44.5 Å². The number of rotatable bonds is 9. The maximum absolute atomic E-state index is 13.0. The lowest BCUT2D eigenvalue weighted by atomic mass is 9.84. The number of aryl methyl sites for hydroxylation is 1. The Labute approximate surface area is 235 Å². The molecule has 4 rings (SSSR count). The van der Waals surface area contributed by atoms with Crippen LogP contribution in [0.3, 0.4) is 0 Å². The number of benzene rings is 2. The number of aromatic hydroxyl groups is 3. The molecule has 42 heavy (non-hydrogen) atoms. The number of nitrogens with two attached hydrogens (primary N) is 2. The lowest BCUT2D eigenvalue weighted by Gasteiger charge is -2.45. The highest BCUT2D eigenvalue weighted by atomic mass is 16.7. The van der Waals surface area contributed by atoms with Crippen LogP contribution >= 0.6 is 0 Å². The molecule has 5 atom stereocenters. The third kappa shape index (κ3) is 5.61. The van der Waals surface area contributed by atoms with Crippen LogP contribution in [-0.2, 0) is 16.0 Å². The maximum Gasteiger partial charge on any atom is 0.335 e. The summed E-state index contributed by atoms with van der Waals surface area (Å²) in [4.78, 5) is 28.2. The average Bonchev–Trinajstić information content (AvgIpc) is 2.93. The van der Waals surface area contributed by atoms with Crippen molar-refractivity contribution in [1.29, 1.82) is 0 Å². The van der Waals surface area contributed by atoms with Crippen molar-refractivity contribution in [3.05, 3.63) is 46.1 Å². The fourth-order valence-corrected chi connectivity index (χ4v) is 4.57. The fraction of sp³-hybridized carbons (Fsp3) is 0.346. The van der Waals surface area contributed by atoms with Crippen molar-refractivity contribution in [2.45, 2.75) is 43.0 Å². The van der Waals surface area contributed by atoms with Crippen LogP contribution in [0.2, 0.25) is 0 Å². The number of hydrogen-bond acceptors (Lipinski definition) is 13. The third-order valence-electron chi connectivity index (χ3n) is 6.74. The molecule has 3 aromatic rings. The number of aliphatic hydroxyl groups is 4. The largest absolute Gasteiger partial charge is 0.508 e. The Hall–Kier alpha value is -4.61. The topological polar surface area (TPSA) is 292 Å². The summed E-state index contributed by atoms with van der Waals surface area (Å²) in [6.45, 7) is -1.01. The zero-order valence-corrected chi connectivity index (χ0v) is 21.7. The van der Waals surface area contributed by atoms with Crippen molar-refractivity contribution in [3.63, 3.8) is 0 Å². The van der Waals surface area contributed by atoms with Crippen molar-refractivity contribution in [2.75, 3.05) is 13.2 Å². The van der Waals surface area contributed by atoms with Crippen LogP contribution in [0.1, 0.15) is 12.0 Å². The number of carbonyl (C=O) groups is 1. The van der Waals surface area contributed by atoms with Gasteiger partial charge in [0.05, 0.1) is 6.54 Å². The molecule has 2 heterocycles. The van der Waals surface area contributed by atoms with E-state index in [1.807, 2.05) is 0 Å². The second-order valence-corrected chi connectivity index (χ2v) is 9.59. The van der Waals surface area contributed by atoms with Crippen molar-refractivity contribution in [3.8, 4) is 34.3 Å². The van der Waals surface area contributed by atoms with Gasteiger partial charge in [0.2, 0.25) is 12.0 Å². The second-order valence-electron chi connectivity index (χ2n) is 9.59. The zero-order valence-electron chi connectivity index (χ0n) is 21.7. The number of aliphatic hydroxyl groups excluding tert-OH is 3. The average molecular weight is 592 g/mol. The summed E-state index contributed by atoms with van der Waals surface area (Å²) in [6, 6.07) is 6.26. The predicted octanol–water partition coefficient (Wildman–Crippen LogP) is -1.58. The summed E-state index contributed by atoms with van der Waals surface area (Å²) >= 11 is 0. The molecule has 0 spiro atoms. The lowest BCUT2D eigenvalue weighted by Crippen LogP contribution is -2.70. The molecule has 226 valence electrons. The van der Waals surface area contributed by atoms with Crippen molar-refractivity contribution < 1.29 is 59.5 Å². The predicted molar refractivity (Wildman–Crippen MR) is 143 cm³/mol. The Bertz CT molecular complexity index is 1590. The number of phenolic OH excluding ortho intramolecular Hbond substituents is 3. The van der Waals surface area contributed by atoms with E-state index in [0.717, 1.165) is 12.1 Å². The molecule has 0 bridgehead atoms. The third-order valence-corrected chi connectivity index (χ3v) is 6.74. The van der Waals surface area contributed by atoms with E-state index in [0.29, 0.717) is 24.0 Å². The first kappa shape index (κ1) is 30.4. The van der Waals surface area contributed by atoms with Crippen molar-refractivity contribution in [1.82, 2.24) is 0 Å². The van der Waals surface area contributed by atoms with E-state index >= 15 is 0 Å². The quantitative estimate of drug-likeness (QED) is 0.0762. The molecule has 1 fully saturated rings. The molecule has 1 saturated heterocycles. The van der Waals surface area contributed by atoms with Gasteiger partial charge < -0.3 is 66.2 Å². The molecule has 1 aromatic heterocycles. The summed E-state index contributed by atoms with van der Waals surface area (Å²) in [5, 5.41) is 81.6. The molecular weight excluding hydrogens is 562 g/mol. The maximum atomic E-state index is 13.0. The number of fused-ring (bicyclic) bond motifs is 1. The van der Waals surface area contributed by atoms with Gasteiger partial charge in [0.15, 0.2) is 29.0 Å².